The number of aromatic nitrogens is 1. The van der Waals surface area contributed by atoms with Crippen LogP contribution < -0.4 is 10.6 Å². The minimum atomic E-state index is -0.00889. The molecule has 2 aromatic rings. The Kier molecular flexibility index (Phi) is 5.04. The van der Waals surface area contributed by atoms with Crippen LogP contribution in [0.2, 0.25) is 0 Å². The minimum Gasteiger partial charge on any atom is -0.381 e. The summed E-state index contributed by atoms with van der Waals surface area (Å²) in [6, 6.07) is 9.91. The first-order valence-electron chi connectivity index (χ1n) is 7.38. The maximum absolute atomic E-state index is 11.6. The van der Waals surface area contributed by atoms with Gasteiger partial charge in [0.1, 0.15) is 0 Å². The van der Waals surface area contributed by atoms with Crippen molar-refractivity contribution in [3.05, 3.63) is 48.3 Å². The molecular formula is C17H23N3O. The van der Waals surface area contributed by atoms with Crippen LogP contribution in [0.25, 0.3) is 0 Å². The Morgan fingerprint density at radius 2 is 1.81 bits per heavy atom. The highest BCUT2D eigenvalue weighted by molar-refractivity contribution is 5.92. The quantitative estimate of drug-likeness (QED) is 0.849. The van der Waals surface area contributed by atoms with Crippen LogP contribution in [-0.2, 0) is 17.9 Å². The van der Waals surface area contributed by atoms with Crippen LogP contribution in [0.3, 0.4) is 0 Å². The molecule has 0 fully saturated rings. The summed E-state index contributed by atoms with van der Waals surface area (Å²) < 4.78 is 2.15. The molecule has 1 amide bonds. The largest absolute Gasteiger partial charge is 0.381 e. The summed E-state index contributed by atoms with van der Waals surface area (Å²) in [5.74, 6) is 0.0296. The fraction of sp³-hybridized carbons (Fsp3) is 0.353. The van der Waals surface area contributed by atoms with Crippen LogP contribution in [0.4, 0.5) is 11.4 Å². The summed E-state index contributed by atoms with van der Waals surface area (Å²) in [7, 11) is 0. The van der Waals surface area contributed by atoms with Crippen molar-refractivity contribution < 1.29 is 4.79 Å². The van der Waals surface area contributed by atoms with E-state index in [1.807, 2.05) is 38.1 Å². The van der Waals surface area contributed by atoms with Gasteiger partial charge in [-0.05, 0) is 42.8 Å². The van der Waals surface area contributed by atoms with E-state index in [0.717, 1.165) is 24.5 Å². The molecule has 21 heavy (non-hydrogen) atoms. The molecule has 0 aliphatic carbocycles. The van der Waals surface area contributed by atoms with Crippen LogP contribution >= 0.6 is 0 Å². The van der Waals surface area contributed by atoms with Gasteiger partial charge in [-0.1, -0.05) is 13.8 Å². The Morgan fingerprint density at radius 3 is 2.38 bits per heavy atom. The number of amides is 1. The Morgan fingerprint density at radius 1 is 1.14 bits per heavy atom. The number of anilines is 2. The molecule has 1 heterocycles. The average Bonchev–Trinajstić information content (AvgIpc) is 2.94. The molecule has 1 aromatic heterocycles. The van der Waals surface area contributed by atoms with E-state index in [0.29, 0.717) is 0 Å². The van der Waals surface area contributed by atoms with Gasteiger partial charge in [0.15, 0.2) is 0 Å². The number of carbonyl (C=O) groups excluding carboxylic acids is 1. The topological polar surface area (TPSA) is 46.1 Å². The Labute approximate surface area is 126 Å². The molecule has 2 rings (SSSR count). The van der Waals surface area contributed by atoms with Gasteiger partial charge in [-0.15, -0.1) is 0 Å². The molecule has 0 unspecified atom stereocenters. The van der Waals surface area contributed by atoms with E-state index < -0.39 is 0 Å². The lowest BCUT2D eigenvalue weighted by Crippen LogP contribution is -2.17. The molecule has 0 saturated heterocycles. The third-order valence-electron chi connectivity index (χ3n) is 3.35. The lowest BCUT2D eigenvalue weighted by molar-refractivity contribution is -0.118. The number of hydrogen-bond acceptors (Lipinski definition) is 2. The molecule has 0 aliphatic rings. The summed E-state index contributed by atoms with van der Waals surface area (Å²) in [6.45, 7) is 7.68. The number of carbonyl (C=O) groups is 1. The van der Waals surface area contributed by atoms with Crippen molar-refractivity contribution in [2.45, 2.75) is 33.9 Å². The van der Waals surface area contributed by atoms with E-state index in [4.69, 9.17) is 0 Å². The molecule has 4 heteroatoms. The summed E-state index contributed by atoms with van der Waals surface area (Å²) in [4.78, 5) is 11.6. The predicted molar refractivity (Wildman–Crippen MR) is 87.3 cm³/mol. The Balaban J connectivity index is 1.88. The van der Waals surface area contributed by atoms with E-state index in [1.165, 1.54) is 5.56 Å². The first kappa shape index (κ1) is 15.2. The van der Waals surface area contributed by atoms with Gasteiger partial charge in [-0.25, -0.2) is 0 Å². The fourth-order valence-electron chi connectivity index (χ4n) is 1.95. The van der Waals surface area contributed by atoms with Crippen molar-refractivity contribution in [2.24, 2.45) is 5.92 Å². The highest BCUT2D eigenvalue weighted by Crippen LogP contribution is 2.15. The fourth-order valence-corrected chi connectivity index (χ4v) is 1.95. The highest BCUT2D eigenvalue weighted by atomic mass is 16.1. The normalized spacial score (nSPS) is 10.7. The first-order chi connectivity index (χ1) is 10.1. The van der Waals surface area contributed by atoms with Gasteiger partial charge >= 0.3 is 0 Å². The highest BCUT2D eigenvalue weighted by Gasteiger charge is 2.06. The van der Waals surface area contributed by atoms with E-state index in [2.05, 4.69) is 40.6 Å². The Bertz CT molecular complexity index is 584. The second-order valence-corrected chi connectivity index (χ2v) is 5.43. The van der Waals surface area contributed by atoms with Gasteiger partial charge in [0, 0.05) is 42.8 Å². The van der Waals surface area contributed by atoms with Crippen molar-refractivity contribution in [1.29, 1.82) is 0 Å². The molecule has 2 N–H and O–H groups in total. The van der Waals surface area contributed by atoms with Crippen LogP contribution in [0.1, 0.15) is 26.3 Å². The standard InChI is InChI=1S/C17H23N3O/c1-4-20-10-9-14(12-20)11-18-15-5-7-16(8-6-15)19-17(21)13(2)3/h5-10,12-13,18H,4,11H2,1-3H3,(H,19,21). The van der Waals surface area contributed by atoms with Gasteiger partial charge in [-0.3, -0.25) is 4.79 Å². The van der Waals surface area contributed by atoms with Gasteiger partial charge < -0.3 is 15.2 Å². The summed E-state index contributed by atoms with van der Waals surface area (Å²) in [6.07, 6.45) is 4.23. The molecule has 1 aromatic carbocycles. The smallest absolute Gasteiger partial charge is 0.226 e. The molecule has 0 spiro atoms. The van der Waals surface area contributed by atoms with Gasteiger partial charge in [0.05, 0.1) is 0 Å². The lowest BCUT2D eigenvalue weighted by Gasteiger charge is -2.09. The van der Waals surface area contributed by atoms with E-state index >= 15 is 0 Å². The molecule has 112 valence electrons. The van der Waals surface area contributed by atoms with E-state index in [-0.39, 0.29) is 11.8 Å². The molecule has 0 aliphatic heterocycles. The zero-order valence-corrected chi connectivity index (χ0v) is 12.9. The zero-order valence-electron chi connectivity index (χ0n) is 12.9. The summed E-state index contributed by atoms with van der Waals surface area (Å²) in [5, 5.41) is 6.26. The number of rotatable bonds is 6. The zero-order chi connectivity index (χ0) is 15.2. The molecule has 4 nitrogen and oxygen atoms in total. The number of nitrogens with zero attached hydrogens (tertiary/aromatic N) is 1. The van der Waals surface area contributed by atoms with Crippen LogP contribution in [0.15, 0.2) is 42.7 Å². The van der Waals surface area contributed by atoms with Gasteiger partial charge in [-0.2, -0.15) is 0 Å². The second-order valence-electron chi connectivity index (χ2n) is 5.43. The SMILES string of the molecule is CCn1ccc(CNc2ccc(NC(=O)C(C)C)cc2)c1. The molecular weight excluding hydrogens is 262 g/mol. The monoisotopic (exact) mass is 285 g/mol. The minimum absolute atomic E-state index is 0.00889. The third-order valence-corrected chi connectivity index (χ3v) is 3.35. The predicted octanol–water partition coefficient (Wildman–Crippen LogP) is 3.71. The molecule has 0 bridgehead atoms. The molecule has 0 saturated carbocycles. The first-order valence-corrected chi connectivity index (χ1v) is 7.38. The Hall–Kier alpha value is -2.23. The maximum Gasteiger partial charge on any atom is 0.226 e. The maximum atomic E-state index is 11.6. The second kappa shape index (κ2) is 6.97. The van der Waals surface area contributed by atoms with Crippen molar-refractivity contribution in [2.75, 3.05) is 10.6 Å². The number of benzene rings is 1. The van der Waals surface area contributed by atoms with E-state index in [1.54, 1.807) is 0 Å². The van der Waals surface area contributed by atoms with Crippen LogP contribution in [0, 0.1) is 5.92 Å². The number of hydrogen-bond donors (Lipinski definition) is 2. The van der Waals surface area contributed by atoms with Crippen LogP contribution in [0.5, 0.6) is 0 Å². The summed E-state index contributed by atoms with van der Waals surface area (Å²) >= 11 is 0. The average molecular weight is 285 g/mol. The van der Waals surface area contributed by atoms with Gasteiger partial charge in [0.2, 0.25) is 5.91 Å². The number of nitrogens with one attached hydrogen (secondary N) is 2. The summed E-state index contributed by atoms with van der Waals surface area (Å²) in [5.41, 5.74) is 3.13. The number of aryl methyl sites for hydroxylation is 1. The van der Waals surface area contributed by atoms with Crippen LogP contribution in [-0.4, -0.2) is 10.5 Å². The molecule has 0 atom stereocenters. The van der Waals surface area contributed by atoms with E-state index in [9.17, 15) is 4.79 Å². The lowest BCUT2D eigenvalue weighted by atomic mass is 10.2. The third kappa shape index (κ3) is 4.38. The van der Waals surface area contributed by atoms with Crippen molar-refractivity contribution in [3.63, 3.8) is 0 Å². The van der Waals surface area contributed by atoms with Crippen molar-refractivity contribution in [1.82, 2.24) is 4.57 Å². The van der Waals surface area contributed by atoms with Gasteiger partial charge in [0.25, 0.3) is 0 Å². The molecule has 0 radical (unpaired) electrons. The van der Waals surface area contributed by atoms with Crippen molar-refractivity contribution in [3.8, 4) is 0 Å². The van der Waals surface area contributed by atoms with Crippen molar-refractivity contribution >= 4 is 17.3 Å².